The number of hydrogen-bond acceptors (Lipinski definition) is 2. The van der Waals surface area contributed by atoms with Crippen LogP contribution in [0.2, 0.25) is 0 Å². The zero-order chi connectivity index (χ0) is 14.3. The Labute approximate surface area is 113 Å². The van der Waals surface area contributed by atoms with Gasteiger partial charge in [0.05, 0.1) is 0 Å². The van der Waals surface area contributed by atoms with Crippen LogP contribution in [0.1, 0.15) is 60.8 Å². The Balaban J connectivity index is 4.16. The molecule has 0 saturated heterocycles. The van der Waals surface area contributed by atoms with E-state index in [0.717, 1.165) is 12.8 Å². The lowest BCUT2D eigenvalue weighted by molar-refractivity contribution is -0.123. The summed E-state index contributed by atoms with van der Waals surface area (Å²) in [6.07, 6.45) is 2.55. The highest BCUT2D eigenvalue weighted by Gasteiger charge is 2.20. The summed E-state index contributed by atoms with van der Waals surface area (Å²) in [4.78, 5) is 12.0. The molecule has 0 aliphatic carbocycles. The molecule has 18 heavy (non-hydrogen) atoms. The second-order valence-corrected chi connectivity index (χ2v) is 7.07. The normalized spacial score (nSPS) is 15.6. The van der Waals surface area contributed by atoms with Gasteiger partial charge in [0, 0.05) is 12.5 Å². The van der Waals surface area contributed by atoms with Crippen LogP contribution < -0.4 is 11.1 Å². The van der Waals surface area contributed by atoms with Crippen molar-refractivity contribution in [2.45, 2.75) is 66.8 Å². The summed E-state index contributed by atoms with van der Waals surface area (Å²) in [5.41, 5.74) is 5.86. The number of nitrogens with two attached hydrogens (primary N) is 1. The highest BCUT2D eigenvalue weighted by atomic mass is 16.1. The molecule has 2 unspecified atom stereocenters. The van der Waals surface area contributed by atoms with E-state index in [1.165, 1.54) is 0 Å². The minimum Gasteiger partial charge on any atom is -0.353 e. The molecule has 1 amide bonds. The van der Waals surface area contributed by atoms with Crippen LogP contribution in [0.3, 0.4) is 0 Å². The molecule has 0 fully saturated rings. The standard InChI is InChI=1S/C15H32N2O/c1-11(2)13(7-8-16)17-14(18)9-12(3)10-15(4,5)6/h11-13H,7-10,16H2,1-6H3,(H,17,18). The Morgan fingerprint density at radius 1 is 1.22 bits per heavy atom. The van der Waals surface area contributed by atoms with E-state index in [1.54, 1.807) is 0 Å². The van der Waals surface area contributed by atoms with Gasteiger partial charge in [-0.15, -0.1) is 0 Å². The zero-order valence-corrected chi connectivity index (χ0v) is 13.0. The van der Waals surface area contributed by atoms with E-state index < -0.39 is 0 Å². The number of amides is 1. The Morgan fingerprint density at radius 2 is 1.78 bits per heavy atom. The van der Waals surface area contributed by atoms with Gasteiger partial charge < -0.3 is 11.1 Å². The van der Waals surface area contributed by atoms with Crippen LogP contribution in [-0.2, 0) is 4.79 Å². The minimum atomic E-state index is 0.166. The molecule has 3 N–H and O–H groups in total. The van der Waals surface area contributed by atoms with Crippen molar-refractivity contribution in [1.29, 1.82) is 0 Å². The smallest absolute Gasteiger partial charge is 0.220 e. The van der Waals surface area contributed by atoms with Gasteiger partial charge in [-0.05, 0) is 36.6 Å². The molecule has 0 aromatic rings. The lowest BCUT2D eigenvalue weighted by Crippen LogP contribution is -2.40. The van der Waals surface area contributed by atoms with Crippen molar-refractivity contribution in [3.8, 4) is 0 Å². The molecular weight excluding hydrogens is 224 g/mol. The highest BCUT2D eigenvalue weighted by Crippen LogP contribution is 2.25. The predicted octanol–water partition coefficient (Wildman–Crippen LogP) is 2.94. The first kappa shape index (κ1) is 17.4. The zero-order valence-electron chi connectivity index (χ0n) is 13.0. The van der Waals surface area contributed by atoms with Gasteiger partial charge in [-0.2, -0.15) is 0 Å². The summed E-state index contributed by atoms with van der Waals surface area (Å²) in [7, 11) is 0. The van der Waals surface area contributed by atoms with E-state index in [4.69, 9.17) is 5.73 Å². The summed E-state index contributed by atoms with van der Waals surface area (Å²) in [5, 5.41) is 3.12. The quantitative estimate of drug-likeness (QED) is 0.736. The number of carbonyl (C=O) groups excluding carboxylic acids is 1. The van der Waals surface area contributed by atoms with Crippen molar-refractivity contribution >= 4 is 5.91 Å². The molecule has 0 bridgehead atoms. The van der Waals surface area contributed by atoms with Gasteiger partial charge in [-0.3, -0.25) is 4.79 Å². The second kappa shape index (κ2) is 7.78. The van der Waals surface area contributed by atoms with Crippen LogP contribution in [0.25, 0.3) is 0 Å². The van der Waals surface area contributed by atoms with Crippen molar-refractivity contribution in [2.24, 2.45) is 23.0 Å². The van der Waals surface area contributed by atoms with Gasteiger partial charge in [0.25, 0.3) is 0 Å². The molecule has 0 aromatic carbocycles. The molecule has 3 heteroatoms. The molecule has 0 radical (unpaired) electrons. The van der Waals surface area contributed by atoms with E-state index in [0.29, 0.717) is 24.8 Å². The number of rotatable bonds is 7. The van der Waals surface area contributed by atoms with Crippen LogP contribution in [0.4, 0.5) is 0 Å². The van der Waals surface area contributed by atoms with E-state index >= 15 is 0 Å². The topological polar surface area (TPSA) is 55.1 Å². The largest absolute Gasteiger partial charge is 0.353 e. The first-order valence-corrected chi connectivity index (χ1v) is 7.15. The average Bonchev–Trinajstić information content (AvgIpc) is 2.13. The van der Waals surface area contributed by atoms with E-state index in [9.17, 15) is 4.79 Å². The molecule has 3 nitrogen and oxygen atoms in total. The van der Waals surface area contributed by atoms with E-state index in [-0.39, 0.29) is 17.4 Å². The van der Waals surface area contributed by atoms with Crippen LogP contribution in [-0.4, -0.2) is 18.5 Å². The highest BCUT2D eigenvalue weighted by molar-refractivity contribution is 5.76. The predicted molar refractivity (Wildman–Crippen MR) is 78.3 cm³/mol. The van der Waals surface area contributed by atoms with E-state index in [2.05, 4.69) is 46.9 Å². The van der Waals surface area contributed by atoms with Crippen LogP contribution in [0.15, 0.2) is 0 Å². The Hall–Kier alpha value is -0.570. The van der Waals surface area contributed by atoms with Crippen LogP contribution in [0, 0.1) is 17.3 Å². The molecule has 0 aliphatic rings. The summed E-state index contributed by atoms with van der Waals surface area (Å²) in [6, 6.07) is 0.212. The molecule has 0 heterocycles. The van der Waals surface area contributed by atoms with Gasteiger partial charge in [-0.25, -0.2) is 0 Å². The lowest BCUT2D eigenvalue weighted by atomic mass is 9.84. The third-order valence-electron chi connectivity index (χ3n) is 3.12. The summed E-state index contributed by atoms with van der Waals surface area (Å²) < 4.78 is 0. The van der Waals surface area contributed by atoms with Crippen molar-refractivity contribution in [3.05, 3.63) is 0 Å². The number of hydrogen-bond donors (Lipinski definition) is 2. The second-order valence-electron chi connectivity index (χ2n) is 7.07. The maximum Gasteiger partial charge on any atom is 0.220 e. The molecule has 0 saturated carbocycles. The molecule has 0 aromatic heterocycles. The summed E-state index contributed by atoms with van der Waals surface area (Å²) >= 11 is 0. The fourth-order valence-electron chi connectivity index (χ4n) is 2.45. The summed E-state index contributed by atoms with van der Waals surface area (Å²) in [6.45, 7) is 13.7. The fourth-order valence-corrected chi connectivity index (χ4v) is 2.45. The molecule has 2 atom stereocenters. The summed E-state index contributed by atoms with van der Waals surface area (Å²) in [5.74, 6) is 1.03. The van der Waals surface area contributed by atoms with Gasteiger partial charge in [-0.1, -0.05) is 41.5 Å². The molecule has 0 aliphatic heterocycles. The van der Waals surface area contributed by atoms with Crippen molar-refractivity contribution in [3.63, 3.8) is 0 Å². The minimum absolute atomic E-state index is 0.166. The first-order chi connectivity index (χ1) is 8.15. The first-order valence-electron chi connectivity index (χ1n) is 7.15. The Morgan fingerprint density at radius 3 is 2.17 bits per heavy atom. The Bertz CT molecular complexity index is 243. The van der Waals surface area contributed by atoms with Crippen LogP contribution >= 0.6 is 0 Å². The lowest BCUT2D eigenvalue weighted by Gasteiger charge is -2.25. The van der Waals surface area contributed by atoms with Crippen molar-refractivity contribution in [2.75, 3.05) is 6.54 Å². The molecule has 0 spiro atoms. The van der Waals surface area contributed by atoms with E-state index in [1.807, 2.05) is 0 Å². The van der Waals surface area contributed by atoms with Crippen molar-refractivity contribution < 1.29 is 4.79 Å². The SMILES string of the molecule is CC(CC(=O)NC(CCN)C(C)C)CC(C)(C)C. The van der Waals surface area contributed by atoms with Crippen LogP contribution in [0.5, 0.6) is 0 Å². The monoisotopic (exact) mass is 256 g/mol. The maximum absolute atomic E-state index is 12.0. The van der Waals surface area contributed by atoms with Gasteiger partial charge >= 0.3 is 0 Å². The third-order valence-corrected chi connectivity index (χ3v) is 3.12. The third kappa shape index (κ3) is 8.51. The average molecular weight is 256 g/mol. The maximum atomic E-state index is 12.0. The van der Waals surface area contributed by atoms with Gasteiger partial charge in [0.1, 0.15) is 0 Å². The van der Waals surface area contributed by atoms with Crippen molar-refractivity contribution in [1.82, 2.24) is 5.32 Å². The molecular formula is C15H32N2O. The molecule has 0 rings (SSSR count). The van der Waals surface area contributed by atoms with Gasteiger partial charge in [0.2, 0.25) is 5.91 Å². The number of carbonyl (C=O) groups is 1. The van der Waals surface area contributed by atoms with Gasteiger partial charge in [0.15, 0.2) is 0 Å². The molecule has 108 valence electrons. The fraction of sp³-hybridized carbons (Fsp3) is 0.933. The number of nitrogens with one attached hydrogen (secondary N) is 1. The Kier molecular flexibility index (Phi) is 7.53.